The van der Waals surface area contributed by atoms with Crippen molar-refractivity contribution in [2.24, 2.45) is 17.8 Å². The van der Waals surface area contributed by atoms with Crippen LogP contribution < -0.4 is 0 Å². The van der Waals surface area contributed by atoms with Crippen molar-refractivity contribution in [2.45, 2.75) is 98.8 Å². The van der Waals surface area contributed by atoms with Crippen LogP contribution in [-0.4, -0.2) is 25.2 Å². The van der Waals surface area contributed by atoms with E-state index < -0.39 is 0 Å². The van der Waals surface area contributed by atoms with E-state index >= 15 is 0 Å². The molecule has 0 radical (unpaired) electrons. The molecule has 0 spiro atoms. The minimum absolute atomic E-state index is 0.299. The Morgan fingerprint density at radius 2 is 1.27 bits per heavy atom. The summed E-state index contributed by atoms with van der Waals surface area (Å²) in [5.74, 6) is 1.15. The molecule has 0 saturated carbocycles. The van der Waals surface area contributed by atoms with Gasteiger partial charge in [0.1, 0.15) is 0 Å². The summed E-state index contributed by atoms with van der Waals surface area (Å²) in [5, 5.41) is 0. The highest BCUT2D eigenvalue weighted by atomic mass is 16.5. The summed E-state index contributed by atoms with van der Waals surface area (Å²) < 4.78 is 10.2. The van der Waals surface area contributed by atoms with E-state index in [0.717, 1.165) is 32.1 Å². The number of esters is 2. The average molecular weight is 425 g/mol. The van der Waals surface area contributed by atoms with Gasteiger partial charge >= 0.3 is 11.9 Å². The molecule has 0 rings (SSSR count). The fourth-order valence-corrected chi connectivity index (χ4v) is 3.33. The SMILES string of the molecule is C=CC(=O)OCC(CCC)CC(C)CC.C=CC(=O)OCC(CCC)CCCCC. The molecule has 3 atom stereocenters. The molecule has 0 bridgehead atoms. The normalized spacial score (nSPS) is 13.2. The zero-order valence-electron chi connectivity index (χ0n) is 20.4. The van der Waals surface area contributed by atoms with Gasteiger partial charge in [0.05, 0.1) is 13.2 Å². The quantitative estimate of drug-likeness (QED) is 0.140. The third-order valence-corrected chi connectivity index (χ3v) is 5.30. The van der Waals surface area contributed by atoms with Crippen molar-refractivity contribution in [1.82, 2.24) is 0 Å². The van der Waals surface area contributed by atoms with E-state index in [4.69, 9.17) is 9.47 Å². The largest absolute Gasteiger partial charge is 0.462 e. The lowest BCUT2D eigenvalue weighted by molar-refractivity contribution is -0.140. The van der Waals surface area contributed by atoms with E-state index in [1.807, 2.05) is 0 Å². The van der Waals surface area contributed by atoms with E-state index in [0.29, 0.717) is 31.0 Å². The van der Waals surface area contributed by atoms with E-state index in [2.05, 4.69) is 47.8 Å². The maximum Gasteiger partial charge on any atom is 0.330 e. The van der Waals surface area contributed by atoms with Crippen LogP contribution in [0, 0.1) is 17.8 Å². The highest BCUT2D eigenvalue weighted by Crippen LogP contribution is 2.20. The third-order valence-electron chi connectivity index (χ3n) is 5.30. The molecule has 0 N–H and O–H groups in total. The van der Waals surface area contributed by atoms with Gasteiger partial charge in [-0.05, 0) is 43.4 Å². The molecule has 176 valence electrons. The van der Waals surface area contributed by atoms with Gasteiger partial charge in [0.15, 0.2) is 0 Å². The highest BCUT2D eigenvalue weighted by molar-refractivity contribution is 5.81. The Morgan fingerprint density at radius 1 is 0.767 bits per heavy atom. The predicted octanol–water partition coefficient (Wildman–Crippen LogP) is 7.28. The fraction of sp³-hybridized carbons (Fsp3) is 0.769. The van der Waals surface area contributed by atoms with Gasteiger partial charge in [0.25, 0.3) is 0 Å². The van der Waals surface area contributed by atoms with Gasteiger partial charge in [-0.2, -0.15) is 0 Å². The summed E-state index contributed by atoms with van der Waals surface area (Å²) in [5.41, 5.74) is 0. The second-order valence-electron chi connectivity index (χ2n) is 8.22. The van der Waals surface area contributed by atoms with Crippen molar-refractivity contribution in [3.05, 3.63) is 25.3 Å². The molecule has 0 aliphatic heterocycles. The van der Waals surface area contributed by atoms with Gasteiger partial charge in [-0.15, -0.1) is 0 Å². The van der Waals surface area contributed by atoms with Gasteiger partial charge in [-0.3, -0.25) is 0 Å². The van der Waals surface area contributed by atoms with Crippen molar-refractivity contribution in [1.29, 1.82) is 0 Å². The maximum absolute atomic E-state index is 10.9. The van der Waals surface area contributed by atoms with Gasteiger partial charge < -0.3 is 9.47 Å². The Kier molecular flexibility index (Phi) is 22.6. The molecule has 4 nitrogen and oxygen atoms in total. The maximum atomic E-state index is 10.9. The summed E-state index contributed by atoms with van der Waals surface area (Å²) in [4.78, 5) is 21.8. The predicted molar refractivity (Wildman–Crippen MR) is 127 cm³/mol. The highest BCUT2D eigenvalue weighted by Gasteiger charge is 2.13. The Hall–Kier alpha value is -1.58. The monoisotopic (exact) mass is 424 g/mol. The molecular weight excluding hydrogens is 376 g/mol. The first kappa shape index (κ1) is 30.6. The molecular formula is C26H48O4. The van der Waals surface area contributed by atoms with Crippen LogP contribution in [0.15, 0.2) is 25.3 Å². The molecule has 3 unspecified atom stereocenters. The molecule has 0 aromatic heterocycles. The zero-order valence-corrected chi connectivity index (χ0v) is 20.4. The van der Waals surface area contributed by atoms with Gasteiger partial charge in [0.2, 0.25) is 0 Å². The van der Waals surface area contributed by atoms with Gasteiger partial charge in [0, 0.05) is 12.2 Å². The van der Waals surface area contributed by atoms with Crippen LogP contribution in [0.2, 0.25) is 0 Å². The lowest BCUT2D eigenvalue weighted by Gasteiger charge is -2.19. The Balaban J connectivity index is 0. The minimum atomic E-state index is -0.305. The number of unbranched alkanes of at least 4 members (excludes halogenated alkanes) is 2. The molecule has 0 heterocycles. The number of rotatable bonds is 17. The van der Waals surface area contributed by atoms with Crippen LogP contribution in [0.4, 0.5) is 0 Å². The first-order valence-electron chi connectivity index (χ1n) is 12.0. The van der Waals surface area contributed by atoms with Crippen molar-refractivity contribution in [3.8, 4) is 0 Å². The number of hydrogen-bond donors (Lipinski definition) is 0. The Bertz CT molecular complexity index is 444. The molecule has 0 aliphatic carbocycles. The Labute approximate surface area is 186 Å². The average Bonchev–Trinajstić information content (AvgIpc) is 2.75. The number of carbonyl (C=O) groups is 2. The molecule has 0 saturated heterocycles. The van der Waals surface area contributed by atoms with E-state index in [1.54, 1.807) is 0 Å². The molecule has 0 aromatic carbocycles. The Morgan fingerprint density at radius 3 is 1.70 bits per heavy atom. The second-order valence-corrected chi connectivity index (χ2v) is 8.22. The summed E-state index contributed by atoms with van der Waals surface area (Å²) in [6.07, 6.45) is 14.3. The van der Waals surface area contributed by atoms with Crippen LogP contribution in [0.3, 0.4) is 0 Å². The smallest absolute Gasteiger partial charge is 0.330 e. The van der Waals surface area contributed by atoms with Gasteiger partial charge in [-0.25, -0.2) is 9.59 Å². The molecule has 0 aliphatic rings. The second kappa shape index (κ2) is 22.1. The van der Waals surface area contributed by atoms with E-state index in [-0.39, 0.29) is 11.9 Å². The fourth-order valence-electron chi connectivity index (χ4n) is 3.33. The molecule has 4 heteroatoms. The van der Waals surface area contributed by atoms with E-state index in [1.165, 1.54) is 44.3 Å². The number of ether oxygens (including phenoxy) is 2. The lowest BCUT2D eigenvalue weighted by atomic mass is 9.91. The summed E-state index contributed by atoms with van der Waals surface area (Å²) >= 11 is 0. The van der Waals surface area contributed by atoms with Crippen LogP contribution in [0.5, 0.6) is 0 Å². The zero-order chi connectivity index (χ0) is 23.2. The van der Waals surface area contributed by atoms with Crippen LogP contribution in [0.25, 0.3) is 0 Å². The first-order chi connectivity index (χ1) is 14.4. The van der Waals surface area contributed by atoms with Crippen LogP contribution in [-0.2, 0) is 19.1 Å². The van der Waals surface area contributed by atoms with E-state index in [9.17, 15) is 9.59 Å². The van der Waals surface area contributed by atoms with Crippen LogP contribution >= 0.6 is 0 Å². The summed E-state index contributed by atoms with van der Waals surface area (Å²) in [6.45, 7) is 18.9. The van der Waals surface area contributed by atoms with Crippen molar-refractivity contribution in [3.63, 3.8) is 0 Å². The van der Waals surface area contributed by atoms with Crippen molar-refractivity contribution < 1.29 is 19.1 Å². The molecule has 0 amide bonds. The third kappa shape index (κ3) is 19.7. The topological polar surface area (TPSA) is 52.6 Å². The first-order valence-corrected chi connectivity index (χ1v) is 12.0. The molecule has 30 heavy (non-hydrogen) atoms. The van der Waals surface area contributed by atoms with Crippen LogP contribution in [0.1, 0.15) is 98.8 Å². The number of hydrogen-bond acceptors (Lipinski definition) is 4. The van der Waals surface area contributed by atoms with Crippen molar-refractivity contribution in [2.75, 3.05) is 13.2 Å². The minimum Gasteiger partial charge on any atom is -0.462 e. The van der Waals surface area contributed by atoms with Crippen molar-refractivity contribution >= 4 is 11.9 Å². The summed E-state index contributed by atoms with van der Waals surface area (Å²) in [6, 6.07) is 0. The summed E-state index contributed by atoms with van der Waals surface area (Å²) in [7, 11) is 0. The standard InChI is InChI=1S/2C13H24O2/c1-5-8-12(9-11(4)6-2)10-15-13(14)7-3;1-4-7-8-10-12(9-5-2)11-15-13(14)6-3/h7,11-12H,3,5-6,8-10H2,1-2,4H3;6,12H,3-5,7-11H2,1-2H3. The molecule has 0 fully saturated rings. The lowest BCUT2D eigenvalue weighted by Crippen LogP contribution is -2.15. The van der Waals surface area contributed by atoms with Gasteiger partial charge in [-0.1, -0.05) is 86.3 Å². The molecule has 0 aromatic rings. The number of carbonyl (C=O) groups excluding carboxylic acids is 2.